The first-order valence-corrected chi connectivity index (χ1v) is 11.3. The number of aromatic nitrogens is 4. The van der Waals surface area contributed by atoms with E-state index in [4.69, 9.17) is 17.7 Å². The van der Waals surface area contributed by atoms with Gasteiger partial charge in [-0.05, 0) is 53.8 Å². The van der Waals surface area contributed by atoms with E-state index in [1.165, 1.54) is 6.07 Å². The van der Waals surface area contributed by atoms with Crippen LogP contribution in [0.4, 0.5) is 4.39 Å². The van der Waals surface area contributed by atoms with Crippen LogP contribution in [0.3, 0.4) is 0 Å². The van der Waals surface area contributed by atoms with Crippen molar-refractivity contribution in [2.45, 2.75) is 49.9 Å². The molecule has 1 saturated heterocycles. The van der Waals surface area contributed by atoms with Crippen molar-refractivity contribution >= 4 is 42.9 Å². The van der Waals surface area contributed by atoms with E-state index in [2.05, 4.69) is 15.5 Å². The molecule has 4 rings (SSSR count). The lowest BCUT2D eigenvalue weighted by Gasteiger charge is -2.37. The molecule has 2 heterocycles. The van der Waals surface area contributed by atoms with Gasteiger partial charge in [-0.2, -0.15) is 12.6 Å². The number of ketones is 1. The van der Waals surface area contributed by atoms with E-state index >= 15 is 0 Å². The molecule has 1 saturated carbocycles. The molecule has 2 aromatic rings. The Morgan fingerprint density at radius 3 is 2.73 bits per heavy atom. The van der Waals surface area contributed by atoms with E-state index in [0.717, 1.165) is 18.4 Å². The van der Waals surface area contributed by atoms with E-state index in [9.17, 15) is 14.0 Å². The first kappa shape index (κ1) is 25.3. The van der Waals surface area contributed by atoms with Gasteiger partial charge in [-0.1, -0.05) is 18.2 Å². The van der Waals surface area contributed by atoms with Crippen LogP contribution in [0.1, 0.15) is 49.5 Å². The molecule has 1 aromatic carbocycles. The SMILES string of the molecule is Cl.O=C(O)CCCn1nnnc1C=C1CN(C(C(=O)C2CC2)c2ccccc2F)CCC1S. The second-order valence-electron chi connectivity index (χ2n) is 8.35. The molecule has 2 aliphatic rings. The lowest BCUT2D eigenvalue weighted by molar-refractivity contribution is -0.137. The third-order valence-corrected chi connectivity index (χ3v) is 6.54. The Kier molecular flexibility index (Phi) is 8.61. The number of benzene rings is 1. The first-order chi connectivity index (χ1) is 15.4. The minimum Gasteiger partial charge on any atom is -0.481 e. The molecule has 33 heavy (non-hydrogen) atoms. The van der Waals surface area contributed by atoms with Crippen LogP contribution in [-0.4, -0.2) is 60.3 Å². The first-order valence-electron chi connectivity index (χ1n) is 10.8. The largest absolute Gasteiger partial charge is 0.481 e. The smallest absolute Gasteiger partial charge is 0.303 e. The Morgan fingerprint density at radius 1 is 1.27 bits per heavy atom. The fraction of sp³-hybridized carbons (Fsp3) is 0.500. The minimum atomic E-state index is -0.865. The van der Waals surface area contributed by atoms with Gasteiger partial charge in [-0.15, -0.1) is 17.5 Å². The molecule has 178 valence electrons. The Hall–Kier alpha value is -2.30. The van der Waals surface area contributed by atoms with E-state index in [1.54, 1.807) is 22.9 Å². The predicted molar refractivity (Wildman–Crippen MR) is 126 cm³/mol. The number of rotatable bonds is 9. The van der Waals surface area contributed by atoms with E-state index < -0.39 is 12.0 Å². The van der Waals surface area contributed by atoms with Crippen LogP contribution in [0.2, 0.25) is 0 Å². The van der Waals surface area contributed by atoms with Gasteiger partial charge in [0, 0.05) is 42.8 Å². The average molecular weight is 496 g/mol. The zero-order valence-corrected chi connectivity index (χ0v) is 19.7. The highest BCUT2D eigenvalue weighted by Crippen LogP contribution is 2.39. The Morgan fingerprint density at radius 2 is 2.03 bits per heavy atom. The summed E-state index contributed by atoms with van der Waals surface area (Å²) < 4.78 is 16.2. The molecule has 0 bridgehead atoms. The second-order valence-corrected chi connectivity index (χ2v) is 8.98. The quantitative estimate of drug-likeness (QED) is 0.515. The second kappa shape index (κ2) is 11.2. The van der Waals surface area contributed by atoms with Crippen molar-refractivity contribution in [1.29, 1.82) is 0 Å². The summed E-state index contributed by atoms with van der Waals surface area (Å²) >= 11 is 4.71. The van der Waals surface area contributed by atoms with Gasteiger partial charge in [0.05, 0.1) is 6.04 Å². The van der Waals surface area contributed by atoms with E-state index in [1.807, 2.05) is 11.0 Å². The predicted octanol–water partition coefficient (Wildman–Crippen LogP) is 3.21. The van der Waals surface area contributed by atoms with Gasteiger partial charge < -0.3 is 5.11 Å². The lowest BCUT2D eigenvalue weighted by atomic mass is 9.93. The van der Waals surface area contributed by atoms with Gasteiger partial charge in [-0.3, -0.25) is 14.5 Å². The number of piperidine rings is 1. The monoisotopic (exact) mass is 495 g/mol. The molecule has 2 unspecified atom stereocenters. The highest BCUT2D eigenvalue weighted by Gasteiger charge is 2.40. The molecular formula is C22H27ClFN5O3S. The standard InChI is InChI=1S/C22H26FN5O3S.ClH/c23-17-5-2-1-4-16(17)21(22(31)14-7-8-14)27-11-9-18(32)15(13-27)12-19-24-25-26-28(19)10-3-6-20(29)30;/h1-2,4-5,12,14,18,21,32H,3,6-11,13H2,(H,29,30);1H. The number of tetrazole rings is 1. The molecule has 1 aliphatic heterocycles. The van der Waals surface area contributed by atoms with Crippen molar-refractivity contribution in [1.82, 2.24) is 25.1 Å². The summed E-state index contributed by atoms with van der Waals surface area (Å²) in [6.45, 7) is 1.47. The molecular weight excluding hydrogens is 469 g/mol. The van der Waals surface area contributed by atoms with Crippen LogP contribution in [0.5, 0.6) is 0 Å². The number of likely N-dealkylation sites (tertiary alicyclic amines) is 1. The summed E-state index contributed by atoms with van der Waals surface area (Å²) in [6, 6.07) is 5.86. The van der Waals surface area contributed by atoms with Crippen molar-refractivity contribution in [3.8, 4) is 0 Å². The maximum Gasteiger partial charge on any atom is 0.303 e. The number of Topliss-reactive ketones (excluding diaryl/α,β-unsaturated/α-hetero) is 1. The van der Waals surface area contributed by atoms with Crippen molar-refractivity contribution < 1.29 is 19.1 Å². The molecule has 0 amide bonds. The number of aryl methyl sites for hydroxylation is 1. The highest BCUT2D eigenvalue weighted by atomic mass is 35.5. The van der Waals surface area contributed by atoms with Crippen LogP contribution >= 0.6 is 25.0 Å². The third-order valence-electron chi connectivity index (χ3n) is 5.95. The summed E-state index contributed by atoms with van der Waals surface area (Å²) in [5, 5.41) is 20.5. The molecule has 1 aromatic heterocycles. The van der Waals surface area contributed by atoms with Gasteiger partial charge >= 0.3 is 5.97 Å². The molecule has 0 radical (unpaired) electrons. The summed E-state index contributed by atoms with van der Waals surface area (Å²) in [4.78, 5) is 26.0. The number of carbonyl (C=O) groups excluding carboxylic acids is 1. The number of thiol groups is 1. The number of nitrogens with zero attached hydrogens (tertiary/aromatic N) is 5. The van der Waals surface area contributed by atoms with Crippen molar-refractivity contribution in [2.24, 2.45) is 5.92 Å². The lowest BCUT2D eigenvalue weighted by Crippen LogP contribution is -2.42. The van der Waals surface area contributed by atoms with E-state index in [0.29, 0.717) is 43.9 Å². The highest BCUT2D eigenvalue weighted by molar-refractivity contribution is 7.81. The zero-order chi connectivity index (χ0) is 22.7. The zero-order valence-electron chi connectivity index (χ0n) is 18.0. The summed E-state index contributed by atoms with van der Waals surface area (Å²) in [5.74, 6) is -0.640. The van der Waals surface area contributed by atoms with Gasteiger partial charge in [-0.25, -0.2) is 9.07 Å². The van der Waals surface area contributed by atoms with Crippen molar-refractivity contribution in [3.63, 3.8) is 0 Å². The molecule has 11 heteroatoms. The Bertz CT molecular complexity index is 1030. The maximum atomic E-state index is 14.7. The number of hydrogen-bond donors (Lipinski definition) is 2. The van der Waals surface area contributed by atoms with Crippen molar-refractivity contribution in [3.05, 3.63) is 47.0 Å². The normalized spacial score (nSPS) is 20.9. The van der Waals surface area contributed by atoms with Gasteiger partial charge in [0.25, 0.3) is 0 Å². The Balaban J connectivity index is 0.00000306. The maximum absolute atomic E-state index is 14.7. The molecule has 2 fully saturated rings. The number of carbonyl (C=O) groups is 2. The molecule has 1 aliphatic carbocycles. The average Bonchev–Trinajstić information content (AvgIpc) is 3.53. The topological polar surface area (TPSA) is 101 Å². The van der Waals surface area contributed by atoms with Crippen LogP contribution in [-0.2, 0) is 16.1 Å². The van der Waals surface area contributed by atoms with Gasteiger partial charge in [0.1, 0.15) is 5.82 Å². The van der Waals surface area contributed by atoms with Crippen LogP contribution in [0.25, 0.3) is 6.08 Å². The van der Waals surface area contributed by atoms with Crippen LogP contribution in [0.15, 0.2) is 29.8 Å². The molecule has 1 N–H and O–H groups in total. The summed E-state index contributed by atoms with van der Waals surface area (Å²) in [6.07, 6.45) is 4.73. The number of carboxylic acids is 1. The van der Waals surface area contributed by atoms with Gasteiger partial charge in [0.15, 0.2) is 11.6 Å². The number of halogens is 2. The van der Waals surface area contributed by atoms with Crippen molar-refractivity contribution in [2.75, 3.05) is 13.1 Å². The summed E-state index contributed by atoms with van der Waals surface area (Å²) in [5.41, 5.74) is 1.36. The third kappa shape index (κ3) is 6.18. The Labute approximate surface area is 203 Å². The number of hydrogen-bond acceptors (Lipinski definition) is 7. The molecule has 2 atom stereocenters. The van der Waals surface area contributed by atoms with Crippen LogP contribution < -0.4 is 0 Å². The summed E-state index contributed by atoms with van der Waals surface area (Å²) in [7, 11) is 0. The minimum absolute atomic E-state index is 0. The molecule has 0 spiro atoms. The fourth-order valence-electron chi connectivity index (χ4n) is 4.09. The molecule has 8 nitrogen and oxygen atoms in total. The number of carboxylic acid groups (broad SMARTS) is 1. The van der Waals surface area contributed by atoms with E-state index in [-0.39, 0.29) is 41.6 Å². The fourth-order valence-corrected chi connectivity index (χ4v) is 4.36. The van der Waals surface area contributed by atoms with Gasteiger partial charge in [0.2, 0.25) is 0 Å². The van der Waals surface area contributed by atoms with Crippen LogP contribution in [0, 0.1) is 11.7 Å². The number of aliphatic carboxylic acids is 1.